The van der Waals surface area contributed by atoms with E-state index >= 15 is 0 Å². The summed E-state index contributed by atoms with van der Waals surface area (Å²) in [6.45, 7) is 9.56. The predicted octanol–water partition coefficient (Wildman–Crippen LogP) is 3.61. The Morgan fingerprint density at radius 2 is 1.85 bits per heavy atom. The Morgan fingerprint density at radius 3 is 2.41 bits per heavy atom. The summed E-state index contributed by atoms with van der Waals surface area (Å²) < 4.78 is 0. The van der Waals surface area contributed by atoms with Gasteiger partial charge in [0.25, 0.3) is 0 Å². The van der Waals surface area contributed by atoms with Crippen molar-refractivity contribution in [2.75, 3.05) is 26.2 Å². The van der Waals surface area contributed by atoms with E-state index < -0.39 is 0 Å². The Bertz CT molecular complexity index is 478. The fraction of sp³-hybridized carbons (Fsp3) is 0.636. The van der Waals surface area contributed by atoms with Gasteiger partial charge < -0.3 is 21.1 Å². The van der Waals surface area contributed by atoms with E-state index in [2.05, 4.69) is 31.4 Å². The van der Waals surface area contributed by atoms with E-state index in [1.807, 2.05) is 30.3 Å². The third-order valence-corrected chi connectivity index (χ3v) is 4.13. The molecule has 0 aliphatic carbocycles. The molecule has 0 radical (unpaired) electrons. The van der Waals surface area contributed by atoms with E-state index in [0.29, 0.717) is 18.2 Å². The molecule has 4 N–H and O–H groups in total. The smallest absolute Gasteiger partial charge is 0.207 e. The molecule has 5 nitrogen and oxygen atoms in total. The molecule has 1 rings (SSSR count). The van der Waals surface area contributed by atoms with E-state index in [-0.39, 0.29) is 6.61 Å². The second-order valence-corrected chi connectivity index (χ2v) is 7.17. The molecule has 0 saturated heterocycles. The maximum Gasteiger partial charge on any atom is 0.207 e. The SMILES string of the molecule is CCCNCC(CC(C)C)C(=N)c1ccccc1.O=CNCCCCCO. The average Bonchev–Trinajstić information content (AvgIpc) is 2.68. The maximum atomic E-state index is 9.68. The van der Waals surface area contributed by atoms with Gasteiger partial charge in [-0.25, -0.2) is 0 Å². The summed E-state index contributed by atoms with van der Waals surface area (Å²) in [4.78, 5) is 9.68. The van der Waals surface area contributed by atoms with Gasteiger partial charge in [0, 0.05) is 31.3 Å². The van der Waals surface area contributed by atoms with Crippen LogP contribution in [0.15, 0.2) is 30.3 Å². The molecule has 154 valence electrons. The van der Waals surface area contributed by atoms with Gasteiger partial charge in [0.1, 0.15) is 0 Å². The van der Waals surface area contributed by atoms with Gasteiger partial charge in [-0.15, -0.1) is 0 Å². The van der Waals surface area contributed by atoms with Gasteiger partial charge in [-0.05, 0) is 50.1 Å². The van der Waals surface area contributed by atoms with Crippen molar-refractivity contribution in [2.45, 2.75) is 52.9 Å². The van der Waals surface area contributed by atoms with Crippen molar-refractivity contribution in [1.29, 1.82) is 5.41 Å². The lowest BCUT2D eigenvalue weighted by atomic mass is 9.89. The number of unbranched alkanes of at least 4 members (excludes halogenated alkanes) is 2. The Hall–Kier alpha value is -1.72. The monoisotopic (exact) mass is 377 g/mol. The lowest BCUT2D eigenvalue weighted by molar-refractivity contribution is -0.109. The zero-order chi connectivity index (χ0) is 20.3. The molecule has 5 heteroatoms. The zero-order valence-corrected chi connectivity index (χ0v) is 17.3. The van der Waals surface area contributed by atoms with Crippen LogP contribution in [0, 0.1) is 17.2 Å². The first-order valence-electron chi connectivity index (χ1n) is 10.2. The number of rotatable bonds is 14. The molecule has 0 spiro atoms. The Morgan fingerprint density at radius 1 is 1.15 bits per heavy atom. The third kappa shape index (κ3) is 14.1. The lowest BCUT2D eigenvalue weighted by Crippen LogP contribution is -2.30. The van der Waals surface area contributed by atoms with Gasteiger partial charge in [-0.2, -0.15) is 0 Å². The number of benzene rings is 1. The first-order chi connectivity index (χ1) is 13.1. The summed E-state index contributed by atoms with van der Waals surface area (Å²) >= 11 is 0. The Kier molecular flexibility index (Phi) is 16.6. The minimum absolute atomic E-state index is 0.251. The summed E-state index contributed by atoms with van der Waals surface area (Å²) in [5.74, 6) is 0.946. The molecular formula is C22H39N3O2. The van der Waals surface area contributed by atoms with E-state index in [1.165, 1.54) is 0 Å². The van der Waals surface area contributed by atoms with Crippen molar-refractivity contribution in [2.24, 2.45) is 11.8 Å². The molecule has 1 amide bonds. The number of aliphatic hydroxyl groups is 1. The zero-order valence-electron chi connectivity index (χ0n) is 17.3. The van der Waals surface area contributed by atoms with Crippen LogP contribution in [0.25, 0.3) is 0 Å². The Balaban J connectivity index is 0.000000636. The van der Waals surface area contributed by atoms with Gasteiger partial charge in [0.2, 0.25) is 6.41 Å². The standard InChI is InChI=1S/C16H26N2.C6H13NO2/c1-4-10-18-12-15(11-13(2)3)16(17)14-8-6-5-7-9-14;8-5-3-1-2-4-7-6-9/h5-9,13,15,17-18H,4,10-12H2,1-3H3;6,8H,1-5H2,(H,7,9). The molecule has 1 aromatic rings. The van der Waals surface area contributed by atoms with Gasteiger partial charge in [0.15, 0.2) is 0 Å². The summed E-state index contributed by atoms with van der Waals surface area (Å²) in [6, 6.07) is 10.1. The van der Waals surface area contributed by atoms with E-state index in [9.17, 15) is 4.79 Å². The molecule has 0 aliphatic heterocycles. The largest absolute Gasteiger partial charge is 0.396 e. The second kappa shape index (κ2) is 17.7. The van der Waals surface area contributed by atoms with Crippen molar-refractivity contribution in [1.82, 2.24) is 10.6 Å². The molecule has 1 unspecified atom stereocenters. The summed E-state index contributed by atoms with van der Waals surface area (Å²) in [7, 11) is 0. The first-order valence-corrected chi connectivity index (χ1v) is 10.2. The number of nitrogens with one attached hydrogen (secondary N) is 3. The van der Waals surface area contributed by atoms with E-state index in [1.54, 1.807) is 0 Å². The molecule has 1 atom stereocenters. The van der Waals surface area contributed by atoms with Gasteiger partial charge in [-0.1, -0.05) is 51.1 Å². The molecule has 0 aromatic heterocycles. The van der Waals surface area contributed by atoms with Crippen molar-refractivity contribution in [3.05, 3.63) is 35.9 Å². The molecule has 0 fully saturated rings. The number of hydrogen-bond donors (Lipinski definition) is 4. The predicted molar refractivity (Wildman–Crippen MR) is 114 cm³/mol. The highest BCUT2D eigenvalue weighted by atomic mass is 16.2. The van der Waals surface area contributed by atoms with Gasteiger partial charge in [-0.3, -0.25) is 4.79 Å². The van der Waals surface area contributed by atoms with Crippen molar-refractivity contribution < 1.29 is 9.90 Å². The van der Waals surface area contributed by atoms with Gasteiger partial charge in [0.05, 0.1) is 0 Å². The number of aliphatic hydroxyl groups excluding tert-OH is 1. The summed E-state index contributed by atoms with van der Waals surface area (Å²) in [5, 5.41) is 22.7. The van der Waals surface area contributed by atoms with E-state index in [0.717, 1.165) is 63.0 Å². The highest BCUT2D eigenvalue weighted by Crippen LogP contribution is 2.17. The number of amides is 1. The topological polar surface area (TPSA) is 85.2 Å². The molecule has 1 aromatic carbocycles. The van der Waals surface area contributed by atoms with Crippen LogP contribution in [-0.4, -0.2) is 43.5 Å². The molecule has 0 aliphatic rings. The van der Waals surface area contributed by atoms with Crippen LogP contribution in [0.5, 0.6) is 0 Å². The fourth-order valence-corrected chi connectivity index (χ4v) is 2.75. The minimum atomic E-state index is 0.251. The number of carbonyl (C=O) groups is 1. The number of hydrogen-bond acceptors (Lipinski definition) is 4. The molecule has 0 saturated carbocycles. The van der Waals surface area contributed by atoms with Crippen molar-refractivity contribution in [3.8, 4) is 0 Å². The van der Waals surface area contributed by atoms with Crippen LogP contribution in [0.2, 0.25) is 0 Å². The normalized spacial score (nSPS) is 11.4. The average molecular weight is 378 g/mol. The summed E-state index contributed by atoms with van der Waals surface area (Å²) in [5.41, 5.74) is 1.83. The van der Waals surface area contributed by atoms with E-state index in [4.69, 9.17) is 10.5 Å². The summed E-state index contributed by atoms with van der Waals surface area (Å²) in [6.07, 6.45) is 5.69. The van der Waals surface area contributed by atoms with Crippen molar-refractivity contribution in [3.63, 3.8) is 0 Å². The highest BCUT2D eigenvalue weighted by Gasteiger charge is 2.17. The van der Waals surface area contributed by atoms with Gasteiger partial charge >= 0.3 is 0 Å². The van der Waals surface area contributed by atoms with Crippen LogP contribution in [-0.2, 0) is 4.79 Å². The molecule has 0 bridgehead atoms. The van der Waals surface area contributed by atoms with Crippen LogP contribution < -0.4 is 10.6 Å². The van der Waals surface area contributed by atoms with Crippen LogP contribution in [0.3, 0.4) is 0 Å². The molecule has 0 heterocycles. The van der Waals surface area contributed by atoms with Crippen molar-refractivity contribution >= 4 is 12.1 Å². The maximum absolute atomic E-state index is 9.68. The minimum Gasteiger partial charge on any atom is -0.396 e. The van der Waals surface area contributed by atoms with Crippen LogP contribution in [0.4, 0.5) is 0 Å². The quantitative estimate of drug-likeness (QED) is 0.227. The second-order valence-electron chi connectivity index (χ2n) is 7.17. The Labute approximate surface area is 165 Å². The lowest BCUT2D eigenvalue weighted by Gasteiger charge is -2.21. The van der Waals surface area contributed by atoms with Crippen LogP contribution >= 0.6 is 0 Å². The van der Waals surface area contributed by atoms with Crippen LogP contribution in [0.1, 0.15) is 58.4 Å². The fourth-order valence-electron chi connectivity index (χ4n) is 2.75. The third-order valence-electron chi connectivity index (χ3n) is 4.13. The molecular weight excluding hydrogens is 338 g/mol. The molecule has 27 heavy (non-hydrogen) atoms. The first kappa shape index (κ1) is 25.3. The number of carbonyl (C=O) groups excluding carboxylic acids is 1. The highest BCUT2D eigenvalue weighted by molar-refractivity contribution is 6.00.